The van der Waals surface area contributed by atoms with Gasteiger partial charge >= 0.3 is 10.2 Å². The molecule has 7 heteroatoms. The van der Waals surface area contributed by atoms with Gasteiger partial charge in [0.05, 0.1) is 5.69 Å². The number of hydrogen-bond acceptors (Lipinski definition) is 3. The fraction of sp³-hybridized carbons (Fsp3) is 0.571. The van der Waals surface area contributed by atoms with Crippen LogP contribution < -0.4 is 10.0 Å². The van der Waals surface area contributed by atoms with Gasteiger partial charge in [-0.25, -0.2) is 4.39 Å². The molecule has 1 fully saturated rings. The zero-order chi connectivity index (χ0) is 15.5. The summed E-state index contributed by atoms with van der Waals surface area (Å²) in [6.07, 6.45) is 1.67. The van der Waals surface area contributed by atoms with Crippen LogP contribution in [0.5, 0.6) is 0 Å². The third-order valence-electron chi connectivity index (χ3n) is 3.91. The summed E-state index contributed by atoms with van der Waals surface area (Å²) < 4.78 is 42.1. The minimum absolute atomic E-state index is 0.298. The summed E-state index contributed by atoms with van der Waals surface area (Å²) in [6.45, 7) is 3.46. The number of nitrogens with one attached hydrogen (secondary N) is 2. The molecular weight excluding hydrogens is 293 g/mol. The highest BCUT2D eigenvalue weighted by atomic mass is 32.2. The van der Waals surface area contributed by atoms with Gasteiger partial charge < -0.3 is 5.32 Å². The van der Waals surface area contributed by atoms with Crippen LogP contribution in [0.1, 0.15) is 18.4 Å². The smallest absolute Gasteiger partial charge is 0.301 e. The zero-order valence-corrected chi connectivity index (χ0v) is 13.2. The first-order valence-electron chi connectivity index (χ1n) is 7.11. The average molecular weight is 315 g/mol. The molecular formula is C14H22FN3O2S. The van der Waals surface area contributed by atoms with Crippen LogP contribution in [0.2, 0.25) is 0 Å². The number of nitrogens with zero attached hydrogens (tertiary/aromatic N) is 1. The van der Waals surface area contributed by atoms with Crippen molar-refractivity contribution >= 4 is 15.9 Å². The van der Waals surface area contributed by atoms with Crippen LogP contribution in [0, 0.1) is 18.7 Å². The van der Waals surface area contributed by atoms with Crippen molar-refractivity contribution in [2.24, 2.45) is 5.92 Å². The van der Waals surface area contributed by atoms with Gasteiger partial charge in [0.25, 0.3) is 0 Å². The first-order valence-corrected chi connectivity index (χ1v) is 8.55. The predicted octanol–water partition coefficient (Wildman–Crippen LogP) is 1.72. The van der Waals surface area contributed by atoms with Crippen LogP contribution in [0.4, 0.5) is 10.1 Å². The van der Waals surface area contributed by atoms with Crippen LogP contribution in [-0.2, 0) is 10.2 Å². The van der Waals surface area contributed by atoms with Crippen molar-refractivity contribution < 1.29 is 12.8 Å². The number of rotatable bonds is 5. The van der Waals surface area contributed by atoms with Gasteiger partial charge in [-0.15, -0.1) is 0 Å². The van der Waals surface area contributed by atoms with Crippen molar-refractivity contribution in [1.29, 1.82) is 0 Å². The van der Waals surface area contributed by atoms with E-state index in [0.29, 0.717) is 30.3 Å². The maximum Gasteiger partial charge on any atom is 0.301 e. The summed E-state index contributed by atoms with van der Waals surface area (Å²) in [5, 5.41) is 3.12. The van der Waals surface area contributed by atoms with Crippen molar-refractivity contribution in [3.05, 3.63) is 29.6 Å². The molecule has 0 atom stereocenters. The highest BCUT2D eigenvalue weighted by Crippen LogP contribution is 2.23. The Kier molecular flexibility index (Phi) is 5.18. The summed E-state index contributed by atoms with van der Waals surface area (Å²) in [5.41, 5.74) is 0.610. The molecule has 5 nitrogen and oxygen atoms in total. The normalized spacial score (nSPS) is 17.9. The Balaban J connectivity index is 2.04. The Morgan fingerprint density at radius 3 is 2.62 bits per heavy atom. The Hall–Kier alpha value is -1.18. The van der Waals surface area contributed by atoms with Crippen molar-refractivity contribution in [3.8, 4) is 0 Å². The molecule has 0 saturated carbocycles. The van der Waals surface area contributed by atoms with Crippen LogP contribution in [0.15, 0.2) is 18.2 Å². The van der Waals surface area contributed by atoms with Gasteiger partial charge in [-0.05, 0) is 51.4 Å². The summed E-state index contributed by atoms with van der Waals surface area (Å²) >= 11 is 0. The molecule has 1 aliphatic heterocycles. The Morgan fingerprint density at radius 2 is 2.00 bits per heavy atom. The Labute approximate surface area is 125 Å². The largest absolute Gasteiger partial charge is 0.319 e. The monoisotopic (exact) mass is 315 g/mol. The second-order valence-electron chi connectivity index (χ2n) is 5.42. The first kappa shape index (κ1) is 16.2. The molecule has 118 valence electrons. The molecule has 0 aliphatic carbocycles. The molecule has 1 saturated heterocycles. The maximum absolute atomic E-state index is 13.5. The number of hydrogen-bond donors (Lipinski definition) is 2. The van der Waals surface area contributed by atoms with Crippen molar-refractivity contribution in [3.63, 3.8) is 0 Å². The molecule has 0 amide bonds. The maximum atomic E-state index is 13.5. The van der Waals surface area contributed by atoms with Crippen LogP contribution >= 0.6 is 0 Å². The molecule has 0 radical (unpaired) electrons. The molecule has 1 aromatic carbocycles. The molecule has 0 unspecified atom stereocenters. The topological polar surface area (TPSA) is 61.4 Å². The molecule has 1 heterocycles. The van der Waals surface area contributed by atoms with E-state index in [-0.39, 0.29) is 0 Å². The van der Waals surface area contributed by atoms with E-state index < -0.39 is 16.0 Å². The van der Waals surface area contributed by atoms with Crippen molar-refractivity contribution in [1.82, 2.24) is 9.62 Å². The SMILES string of the molecule is CNCC1CCN(S(=O)(=O)Nc2cccc(F)c2C)CC1. The van der Waals surface area contributed by atoms with Crippen LogP contribution in [0.25, 0.3) is 0 Å². The number of piperidine rings is 1. The number of anilines is 1. The molecule has 2 rings (SSSR count). The minimum atomic E-state index is -3.62. The van der Waals surface area contributed by atoms with Crippen LogP contribution in [0.3, 0.4) is 0 Å². The predicted molar refractivity (Wildman–Crippen MR) is 81.9 cm³/mol. The highest BCUT2D eigenvalue weighted by Gasteiger charge is 2.28. The van der Waals surface area contributed by atoms with Gasteiger partial charge in [0.2, 0.25) is 0 Å². The minimum Gasteiger partial charge on any atom is -0.319 e. The number of halogens is 1. The van der Waals surface area contributed by atoms with E-state index in [4.69, 9.17) is 0 Å². The standard InChI is InChI=1S/C14H22FN3O2S/c1-11-13(15)4-3-5-14(11)17-21(19,20)18-8-6-12(7-9-18)10-16-2/h3-5,12,16-17H,6-10H2,1-2H3. The molecule has 1 aromatic rings. The van der Waals surface area contributed by atoms with E-state index in [1.54, 1.807) is 13.0 Å². The van der Waals surface area contributed by atoms with E-state index in [9.17, 15) is 12.8 Å². The van der Waals surface area contributed by atoms with Gasteiger partial charge in [0, 0.05) is 18.7 Å². The molecule has 0 bridgehead atoms. The molecule has 21 heavy (non-hydrogen) atoms. The van der Waals surface area contributed by atoms with Crippen molar-refractivity contribution in [2.75, 3.05) is 31.4 Å². The van der Waals surface area contributed by atoms with E-state index >= 15 is 0 Å². The zero-order valence-electron chi connectivity index (χ0n) is 12.4. The fourth-order valence-corrected chi connectivity index (χ4v) is 3.88. The molecule has 0 spiro atoms. The van der Waals surface area contributed by atoms with Gasteiger partial charge in [0.15, 0.2) is 0 Å². The first-order chi connectivity index (χ1) is 9.94. The van der Waals surface area contributed by atoms with Gasteiger partial charge in [-0.1, -0.05) is 6.07 Å². The number of benzene rings is 1. The average Bonchev–Trinajstić information content (AvgIpc) is 2.45. The third-order valence-corrected chi connectivity index (χ3v) is 5.44. The summed E-state index contributed by atoms with van der Waals surface area (Å²) in [5.74, 6) is 0.0975. The Morgan fingerprint density at radius 1 is 1.33 bits per heavy atom. The third kappa shape index (κ3) is 3.93. The summed E-state index contributed by atoms with van der Waals surface area (Å²) in [7, 11) is -1.72. The van der Waals surface area contributed by atoms with Crippen molar-refractivity contribution in [2.45, 2.75) is 19.8 Å². The van der Waals surface area contributed by atoms with E-state index in [0.717, 1.165) is 19.4 Å². The van der Waals surface area contributed by atoms with Gasteiger partial charge in [0.1, 0.15) is 5.82 Å². The van der Waals surface area contributed by atoms with E-state index in [2.05, 4.69) is 10.0 Å². The summed E-state index contributed by atoms with van der Waals surface area (Å²) in [6, 6.07) is 4.39. The van der Waals surface area contributed by atoms with E-state index in [1.807, 2.05) is 7.05 Å². The lowest BCUT2D eigenvalue weighted by molar-refractivity contribution is 0.272. The highest BCUT2D eigenvalue weighted by molar-refractivity contribution is 7.90. The lowest BCUT2D eigenvalue weighted by Crippen LogP contribution is -2.43. The second kappa shape index (κ2) is 6.72. The lowest BCUT2D eigenvalue weighted by atomic mass is 9.98. The van der Waals surface area contributed by atoms with Crippen LogP contribution in [-0.4, -0.2) is 39.4 Å². The van der Waals surface area contributed by atoms with Gasteiger partial charge in [-0.3, -0.25) is 4.72 Å². The molecule has 0 aromatic heterocycles. The molecule has 2 N–H and O–H groups in total. The molecule has 1 aliphatic rings. The van der Waals surface area contributed by atoms with E-state index in [1.165, 1.54) is 16.4 Å². The second-order valence-corrected chi connectivity index (χ2v) is 7.09. The lowest BCUT2D eigenvalue weighted by Gasteiger charge is -2.31. The fourth-order valence-electron chi connectivity index (χ4n) is 2.56. The van der Waals surface area contributed by atoms with Gasteiger partial charge in [-0.2, -0.15) is 12.7 Å². The quantitative estimate of drug-likeness (QED) is 0.870. The summed E-state index contributed by atoms with van der Waals surface area (Å²) in [4.78, 5) is 0. The Bertz CT molecular complexity index is 584.